The summed E-state index contributed by atoms with van der Waals surface area (Å²) in [5.41, 5.74) is 1.45. The van der Waals surface area contributed by atoms with E-state index < -0.39 is 0 Å². The molecule has 0 heterocycles. The zero-order chi connectivity index (χ0) is 12.7. The first-order valence-corrected chi connectivity index (χ1v) is 7.18. The van der Waals surface area contributed by atoms with Gasteiger partial charge in [0.25, 0.3) is 0 Å². The Labute approximate surface area is 107 Å². The molecule has 0 aromatic heterocycles. The van der Waals surface area contributed by atoms with Gasteiger partial charge in [0.05, 0.1) is 11.6 Å². The summed E-state index contributed by atoms with van der Waals surface area (Å²) in [5.74, 6) is 0. The zero-order valence-corrected chi connectivity index (χ0v) is 12.0. The second-order valence-electron chi connectivity index (χ2n) is 5.45. The first-order valence-electron chi connectivity index (χ1n) is 7.18. The van der Waals surface area contributed by atoms with Crippen molar-refractivity contribution >= 4 is 0 Å². The highest BCUT2D eigenvalue weighted by Crippen LogP contribution is 2.28. The SMILES string of the molecule is CCCNC(C1=CCCCC1)C(C)(C)OCC. The maximum atomic E-state index is 5.94. The average molecular weight is 239 g/mol. The minimum absolute atomic E-state index is 0.104. The summed E-state index contributed by atoms with van der Waals surface area (Å²) in [6, 6.07) is 0.377. The smallest absolute Gasteiger partial charge is 0.0816 e. The van der Waals surface area contributed by atoms with Crippen LogP contribution in [0.25, 0.3) is 0 Å². The van der Waals surface area contributed by atoms with Gasteiger partial charge in [-0.3, -0.25) is 0 Å². The van der Waals surface area contributed by atoms with Crippen LogP contribution in [0.2, 0.25) is 0 Å². The predicted molar refractivity (Wildman–Crippen MR) is 74.3 cm³/mol. The Hall–Kier alpha value is -0.340. The third-order valence-corrected chi connectivity index (χ3v) is 3.51. The van der Waals surface area contributed by atoms with E-state index in [1.807, 2.05) is 0 Å². The van der Waals surface area contributed by atoms with Gasteiger partial charge in [0.1, 0.15) is 0 Å². The minimum atomic E-state index is -0.104. The van der Waals surface area contributed by atoms with Crippen molar-refractivity contribution in [1.29, 1.82) is 0 Å². The van der Waals surface area contributed by atoms with Gasteiger partial charge in [-0.25, -0.2) is 0 Å². The first-order chi connectivity index (χ1) is 8.11. The molecule has 17 heavy (non-hydrogen) atoms. The second kappa shape index (κ2) is 7.17. The van der Waals surface area contributed by atoms with Crippen molar-refractivity contribution in [3.05, 3.63) is 11.6 Å². The standard InChI is InChI=1S/C15H29NO/c1-5-12-16-14(15(3,4)17-6-2)13-10-8-7-9-11-13/h10,14,16H,5-9,11-12H2,1-4H3. The summed E-state index contributed by atoms with van der Waals surface area (Å²) in [4.78, 5) is 0. The van der Waals surface area contributed by atoms with E-state index in [0.29, 0.717) is 6.04 Å². The number of allylic oxidation sites excluding steroid dienone is 1. The molecule has 1 aliphatic carbocycles. The first kappa shape index (κ1) is 14.7. The molecule has 0 aromatic carbocycles. The molecule has 1 rings (SSSR count). The topological polar surface area (TPSA) is 21.3 Å². The van der Waals surface area contributed by atoms with E-state index in [9.17, 15) is 0 Å². The lowest BCUT2D eigenvalue weighted by molar-refractivity contribution is -0.0302. The molecule has 0 fully saturated rings. The van der Waals surface area contributed by atoms with Crippen molar-refractivity contribution in [2.75, 3.05) is 13.2 Å². The highest BCUT2D eigenvalue weighted by atomic mass is 16.5. The summed E-state index contributed by atoms with van der Waals surface area (Å²) in [5, 5.41) is 3.67. The second-order valence-corrected chi connectivity index (χ2v) is 5.45. The van der Waals surface area contributed by atoms with E-state index in [-0.39, 0.29) is 5.60 Å². The summed E-state index contributed by atoms with van der Waals surface area (Å²) < 4.78 is 5.94. The third kappa shape index (κ3) is 4.44. The monoisotopic (exact) mass is 239 g/mol. The zero-order valence-electron chi connectivity index (χ0n) is 12.0. The van der Waals surface area contributed by atoms with Gasteiger partial charge in [0.2, 0.25) is 0 Å². The molecule has 100 valence electrons. The van der Waals surface area contributed by atoms with Gasteiger partial charge in [-0.2, -0.15) is 0 Å². The predicted octanol–water partition coefficient (Wildman–Crippen LogP) is 3.67. The number of ether oxygens (including phenoxy) is 1. The molecule has 1 unspecified atom stereocenters. The fraction of sp³-hybridized carbons (Fsp3) is 0.867. The van der Waals surface area contributed by atoms with Crippen LogP contribution in [0.4, 0.5) is 0 Å². The maximum absolute atomic E-state index is 5.94. The van der Waals surface area contributed by atoms with Crippen LogP contribution in [0.15, 0.2) is 11.6 Å². The van der Waals surface area contributed by atoms with Crippen LogP contribution in [0.1, 0.15) is 59.8 Å². The Morgan fingerprint density at radius 2 is 2.12 bits per heavy atom. The van der Waals surface area contributed by atoms with Crippen LogP contribution in [0.3, 0.4) is 0 Å². The fourth-order valence-corrected chi connectivity index (χ4v) is 2.69. The van der Waals surface area contributed by atoms with Gasteiger partial charge < -0.3 is 10.1 Å². The Bertz CT molecular complexity index is 245. The summed E-state index contributed by atoms with van der Waals surface area (Å²) in [7, 11) is 0. The molecule has 1 aliphatic rings. The number of hydrogen-bond acceptors (Lipinski definition) is 2. The summed E-state index contributed by atoms with van der Waals surface area (Å²) in [6.45, 7) is 10.6. The number of rotatable bonds is 7. The van der Waals surface area contributed by atoms with Gasteiger partial charge in [-0.1, -0.05) is 18.6 Å². The normalized spacial score (nSPS) is 18.9. The largest absolute Gasteiger partial charge is 0.374 e. The van der Waals surface area contributed by atoms with Crippen molar-refractivity contribution in [2.24, 2.45) is 0 Å². The van der Waals surface area contributed by atoms with Crippen molar-refractivity contribution in [2.45, 2.75) is 71.4 Å². The lowest BCUT2D eigenvalue weighted by atomic mass is 9.85. The van der Waals surface area contributed by atoms with Crippen LogP contribution in [-0.4, -0.2) is 24.8 Å². The molecule has 0 saturated heterocycles. The lowest BCUT2D eigenvalue weighted by Crippen LogP contribution is -2.50. The molecule has 0 aliphatic heterocycles. The quantitative estimate of drug-likeness (QED) is 0.684. The molecule has 0 amide bonds. The van der Waals surface area contributed by atoms with Gasteiger partial charge in [-0.05, 0) is 59.4 Å². The van der Waals surface area contributed by atoms with Crippen molar-refractivity contribution in [1.82, 2.24) is 5.32 Å². The van der Waals surface area contributed by atoms with E-state index in [0.717, 1.165) is 13.2 Å². The summed E-state index contributed by atoms with van der Waals surface area (Å²) in [6.07, 6.45) is 8.75. The molecule has 1 N–H and O–H groups in total. The number of nitrogens with one attached hydrogen (secondary N) is 1. The molecular formula is C15H29NO. The van der Waals surface area contributed by atoms with Gasteiger partial charge in [0.15, 0.2) is 0 Å². The maximum Gasteiger partial charge on any atom is 0.0816 e. The minimum Gasteiger partial charge on any atom is -0.374 e. The molecule has 2 nitrogen and oxygen atoms in total. The lowest BCUT2D eigenvalue weighted by Gasteiger charge is -2.37. The van der Waals surface area contributed by atoms with Crippen LogP contribution in [0.5, 0.6) is 0 Å². The van der Waals surface area contributed by atoms with Gasteiger partial charge in [0, 0.05) is 6.61 Å². The van der Waals surface area contributed by atoms with E-state index in [2.05, 4.69) is 39.1 Å². The highest BCUT2D eigenvalue weighted by molar-refractivity contribution is 5.18. The fourth-order valence-electron chi connectivity index (χ4n) is 2.69. The molecule has 0 aromatic rings. The third-order valence-electron chi connectivity index (χ3n) is 3.51. The molecule has 0 bridgehead atoms. The van der Waals surface area contributed by atoms with E-state index in [1.165, 1.54) is 32.1 Å². The van der Waals surface area contributed by atoms with Crippen molar-refractivity contribution in [3.8, 4) is 0 Å². The van der Waals surface area contributed by atoms with Gasteiger partial charge in [-0.15, -0.1) is 0 Å². The van der Waals surface area contributed by atoms with Crippen molar-refractivity contribution in [3.63, 3.8) is 0 Å². The Balaban J connectivity index is 2.74. The molecule has 0 saturated carbocycles. The highest BCUT2D eigenvalue weighted by Gasteiger charge is 2.32. The molecule has 1 atom stereocenters. The molecule has 0 radical (unpaired) electrons. The summed E-state index contributed by atoms with van der Waals surface area (Å²) >= 11 is 0. The average Bonchev–Trinajstić information content (AvgIpc) is 2.30. The van der Waals surface area contributed by atoms with E-state index in [1.54, 1.807) is 5.57 Å². The van der Waals surface area contributed by atoms with Crippen LogP contribution < -0.4 is 5.32 Å². The van der Waals surface area contributed by atoms with E-state index in [4.69, 9.17) is 4.74 Å². The Kier molecular flexibility index (Phi) is 6.21. The molecule has 2 heteroatoms. The number of hydrogen-bond donors (Lipinski definition) is 1. The molecular weight excluding hydrogens is 210 g/mol. The van der Waals surface area contributed by atoms with Crippen LogP contribution in [0, 0.1) is 0 Å². The Morgan fingerprint density at radius 3 is 2.65 bits per heavy atom. The molecule has 0 spiro atoms. The van der Waals surface area contributed by atoms with Crippen LogP contribution >= 0.6 is 0 Å². The van der Waals surface area contributed by atoms with Crippen LogP contribution in [-0.2, 0) is 4.74 Å². The van der Waals surface area contributed by atoms with Gasteiger partial charge >= 0.3 is 0 Å². The van der Waals surface area contributed by atoms with Crippen molar-refractivity contribution < 1.29 is 4.74 Å². The Morgan fingerprint density at radius 1 is 1.35 bits per heavy atom. The van der Waals surface area contributed by atoms with E-state index >= 15 is 0 Å².